The Morgan fingerprint density at radius 1 is 0.500 bits per heavy atom. The highest BCUT2D eigenvalue weighted by molar-refractivity contribution is 5.70. The standard InChI is InChI=1S/C44H85NO7/c1-6-8-10-12-14-16-18-20-21-22-23-25-27-29-31-33-35-43(47)52-40(38-50-37-36-41(44(48)49)45(3,4)5)39-51-42(46)34-32-30-28-26-24-19-17-15-13-11-9-7-2/h40-41H,6-39H2,1-5H3. The lowest BCUT2D eigenvalue weighted by Crippen LogP contribution is -2.55. The molecule has 0 rings (SSSR count). The molecule has 0 fully saturated rings. The molecule has 0 saturated carbocycles. The van der Waals surface area contributed by atoms with Gasteiger partial charge in [-0.15, -0.1) is 0 Å². The molecule has 308 valence electrons. The fourth-order valence-electron chi connectivity index (χ4n) is 6.78. The van der Waals surface area contributed by atoms with Crippen molar-refractivity contribution in [3.05, 3.63) is 0 Å². The van der Waals surface area contributed by atoms with Gasteiger partial charge in [-0.1, -0.05) is 181 Å². The summed E-state index contributed by atoms with van der Waals surface area (Å²) in [6.07, 6.45) is 35.4. The number of likely N-dealkylation sites (N-methyl/N-ethyl adjacent to an activating group) is 1. The third-order valence-corrected chi connectivity index (χ3v) is 10.2. The molecule has 0 aromatic rings. The third kappa shape index (κ3) is 34.1. The summed E-state index contributed by atoms with van der Waals surface area (Å²) in [7, 11) is 5.42. The third-order valence-electron chi connectivity index (χ3n) is 10.2. The molecule has 0 amide bonds. The van der Waals surface area contributed by atoms with E-state index in [4.69, 9.17) is 14.2 Å². The smallest absolute Gasteiger partial charge is 0.306 e. The van der Waals surface area contributed by atoms with Gasteiger partial charge in [0.25, 0.3) is 0 Å². The molecule has 0 radical (unpaired) electrons. The van der Waals surface area contributed by atoms with Crippen LogP contribution in [-0.2, 0) is 28.6 Å². The van der Waals surface area contributed by atoms with Crippen molar-refractivity contribution in [3.8, 4) is 0 Å². The van der Waals surface area contributed by atoms with Gasteiger partial charge in [-0.05, 0) is 12.8 Å². The number of aliphatic carboxylic acids is 1. The molecule has 2 atom stereocenters. The van der Waals surface area contributed by atoms with Gasteiger partial charge in [-0.3, -0.25) is 9.59 Å². The number of unbranched alkanes of at least 4 members (excludes halogenated alkanes) is 26. The van der Waals surface area contributed by atoms with Crippen LogP contribution in [0, 0.1) is 0 Å². The van der Waals surface area contributed by atoms with Crippen LogP contribution in [-0.4, -0.2) is 75.5 Å². The molecule has 0 aliphatic heterocycles. The normalized spacial score (nSPS) is 12.9. The maximum atomic E-state index is 12.7. The molecule has 0 spiro atoms. The number of carboxylic acid groups (broad SMARTS) is 1. The Hall–Kier alpha value is -1.67. The van der Waals surface area contributed by atoms with Crippen LogP contribution in [0.1, 0.15) is 213 Å². The van der Waals surface area contributed by atoms with Crippen molar-refractivity contribution in [2.24, 2.45) is 0 Å². The van der Waals surface area contributed by atoms with Crippen molar-refractivity contribution in [3.63, 3.8) is 0 Å². The van der Waals surface area contributed by atoms with Crippen LogP contribution in [0.5, 0.6) is 0 Å². The molecule has 2 unspecified atom stereocenters. The van der Waals surface area contributed by atoms with E-state index in [1.54, 1.807) is 21.1 Å². The van der Waals surface area contributed by atoms with E-state index in [2.05, 4.69) is 13.8 Å². The summed E-state index contributed by atoms with van der Waals surface area (Å²) in [5.41, 5.74) is 0. The van der Waals surface area contributed by atoms with Crippen LogP contribution >= 0.6 is 0 Å². The number of nitrogens with zero attached hydrogens (tertiary/aromatic N) is 1. The number of carboxylic acids is 1. The molecule has 0 aromatic carbocycles. The molecule has 8 heteroatoms. The molecule has 8 nitrogen and oxygen atoms in total. The average molecular weight is 740 g/mol. The van der Waals surface area contributed by atoms with Crippen LogP contribution in [0.3, 0.4) is 0 Å². The van der Waals surface area contributed by atoms with Crippen LogP contribution in [0.15, 0.2) is 0 Å². The minimum absolute atomic E-state index is 0.0491. The molecule has 0 aliphatic rings. The number of ether oxygens (including phenoxy) is 3. The Morgan fingerprint density at radius 2 is 0.846 bits per heavy atom. The second-order valence-corrected chi connectivity index (χ2v) is 16.3. The lowest BCUT2D eigenvalue weighted by molar-refractivity contribution is -0.889. The summed E-state index contributed by atoms with van der Waals surface area (Å²) in [6, 6.07) is -0.718. The van der Waals surface area contributed by atoms with E-state index in [0.29, 0.717) is 12.8 Å². The minimum Gasteiger partial charge on any atom is -0.544 e. The number of carbonyl (C=O) groups is 3. The maximum absolute atomic E-state index is 12.7. The Labute approximate surface area is 321 Å². The summed E-state index contributed by atoms with van der Waals surface area (Å²) in [5.74, 6) is -1.72. The maximum Gasteiger partial charge on any atom is 0.306 e. The second-order valence-electron chi connectivity index (χ2n) is 16.3. The van der Waals surface area contributed by atoms with E-state index < -0.39 is 18.1 Å². The van der Waals surface area contributed by atoms with Crippen LogP contribution in [0.4, 0.5) is 0 Å². The van der Waals surface area contributed by atoms with Gasteiger partial charge in [0.15, 0.2) is 6.10 Å². The van der Waals surface area contributed by atoms with E-state index in [0.717, 1.165) is 38.5 Å². The zero-order chi connectivity index (χ0) is 38.5. The first-order chi connectivity index (χ1) is 25.1. The fraction of sp³-hybridized carbons (Fsp3) is 0.932. The van der Waals surface area contributed by atoms with Crippen LogP contribution < -0.4 is 5.11 Å². The van der Waals surface area contributed by atoms with Crippen molar-refractivity contribution in [2.45, 2.75) is 225 Å². The molecule has 52 heavy (non-hydrogen) atoms. The SMILES string of the molecule is CCCCCCCCCCCCCCCCCCC(=O)OC(COCCC(C(=O)[O-])[N+](C)(C)C)COC(=O)CCCCCCCCCCCCCC. The molecule has 0 N–H and O–H groups in total. The monoisotopic (exact) mass is 740 g/mol. The lowest BCUT2D eigenvalue weighted by atomic mass is 10.0. The molecule has 0 heterocycles. The molecule has 0 aliphatic carbocycles. The first-order valence-electron chi connectivity index (χ1n) is 22.1. The Morgan fingerprint density at radius 3 is 1.19 bits per heavy atom. The van der Waals surface area contributed by atoms with Crippen molar-refractivity contribution in [1.82, 2.24) is 0 Å². The zero-order valence-electron chi connectivity index (χ0n) is 35.0. The predicted molar refractivity (Wildman–Crippen MR) is 213 cm³/mol. The molecular formula is C44H85NO7. The van der Waals surface area contributed by atoms with Gasteiger partial charge in [-0.25, -0.2) is 0 Å². The van der Waals surface area contributed by atoms with E-state index in [1.165, 1.54) is 141 Å². The number of carbonyl (C=O) groups excluding carboxylic acids is 3. The summed E-state index contributed by atoms with van der Waals surface area (Å²) < 4.78 is 17.2. The number of rotatable bonds is 40. The Kier molecular flexibility index (Phi) is 35.1. The quantitative estimate of drug-likeness (QED) is 0.0350. The molecule has 0 bridgehead atoms. The fourth-order valence-corrected chi connectivity index (χ4v) is 6.78. The van der Waals surface area contributed by atoms with Gasteiger partial charge in [-0.2, -0.15) is 0 Å². The Balaban J connectivity index is 4.29. The topological polar surface area (TPSA) is 102 Å². The first kappa shape index (κ1) is 50.3. The van der Waals surface area contributed by atoms with Crippen molar-refractivity contribution in [1.29, 1.82) is 0 Å². The van der Waals surface area contributed by atoms with Crippen LogP contribution in [0.2, 0.25) is 0 Å². The molecule has 0 saturated heterocycles. The largest absolute Gasteiger partial charge is 0.544 e. The van der Waals surface area contributed by atoms with Gasteiger partial charge in [0.1, 0.15) is 12.6 Å². The first-order valence-corrected chi connectivity index (χ1v) is 22.1. The Bertz CT molecular complexity index is 828. The zero-order valence-corrected chi connectivity index (χ0v) is 35.0. The van der Waals surface area contributed by atoms with E-state index in [1.807, 2.05) is 0 Å². The number of esters is 2. The highest BCUT2D eigenvalue weighted by Crippen LogP contribution is 2.16. The van der Waals surface area contributed by atoms with Crippen molar-refractivity contribution >= 4 is 17.9 Å². The van der Waals surface area contributed by atoms with Crippen LogP contribution in [0.25, 0.3) is 0 Å². The van der Waals surface area contributed by atoms with Crippen molar-refractivity contribution < 1.29 is 38.2 Å². The number of hydrogen-bond donors (Lipinski definition) is 0. The number of quaternary nitrogens is 1. The predicted octanol–water partition coefficient (Wildman–Crippen LogP) is 10.4. The van der Waals surface area contributed by atoms with Gasteiger partial charge in [0.05, 0.1) is 40.3 Å². The lowest BCUT2D eigenvalue weighted by Gasteiger charge is -2.34. The average Bonchev–Trinajstić information content (AvgIpc) is 3.09. The summed E-state index contributed by atoms with van der Waals surface area (Å²) in [4.78, 5) is 36.8. The van der Waals surface area contributed by atoms with Gasteiger partial charge >= 0.3 is 11.9 Å². The highest BCUT2D eigenvalue weighted by atomic mass is 16.6. The van der Waals surface area contributed by atoms with Crippen molar-refractivity contribution in [2.75, 3.05) is 41.0 Å². The molecule has 0 aromatic heterocycles. The summed E-state index contributed by atoms with van der Waals surface area (Å²) in [5, 5.41) is 11.6. The summed E-state index contributed by atoms with van der Waals surface area (Å²) >= 11 is 0. The molecular weight excluding hydrogens is 654 g/mol. The minimum atomic E-state index is -1.12. The van der Waals surface area contributed by atoms with E-state index in [9.17, 15) is 19.5 Å². The van der Waals surface area contributed by atoms with Gasteiger partial charge in [0.2, 0.25) is 0 Å². The van der Waals surface area contributed by atoms with Gasteiger partial charge in [0, 0.05) is 19.3 Å². The second kappa shape index (κ2) is 36.3. The van der Waals surface area contributed by atoms with Gasteiger partial charge < -0.3 is 28.6 Å². The van der Waals surface area contributed by atoms with E-state index in [-0.39, 0.29) is 42.7 Å². The van der Waals surface area contributed by atoms with E-state index >= 15 is 0 Å². The summed E-state index contributed by atoms with van der Waals surface area (Å²) in [6.45, 7) is 4.69. The highest BCUT2D eigenvalue weighted by Gasteiger charge is 2.25. The number of hydrogen-bond acceptors (Lipinski definition) is 7.